The van der Waals surface area contributed by atoms with E-state index in [1.54, 1.807) is 0 Å². The molecule has 0 amide bonds. The van der Waals surface area contributed by atoms with E-state index in [1.165, 1.54) is 0 Å². The highest BCUT2D eigenvalue weighted by atomic mass is 16.3. The second-order valence-electron chi connectivity index (χ2n) is 5.49. The van der Waals surface area contributed by atoms with E-state index < -0.39 is 0 Å². The Kier molecular flexibility index (Phi) is 3.16. The van der Waals surface area contributed by atoms with Crippen LogP contribution in [0.3, 0.4) is 0 Å². The van der Waals surface area contributed by atoms with Gasteiger partial charge in [0.15, 0.2) is 5.58 Å². The molecule has 0 atom stereocenters. The zero-order chi connectivity index (χ0) is 13.4. The van der Waals surface area contributed by atoms with E-state index in [0.717, 1.165) is 30.5 Å². The lowest BCUT2D eigenvalue weighted by molar-refractivity contribution is 0.0264. The van der Waals surface area contributed by atoms with Crippen LogP contribution < -0.4 is 5.73 Å². The van der Waals surface area contributed by atoms with Gasteiger partial charge in [0.25, 0.3) is 0 Å². The van der Waals surface area contributed by atoms with Gasteiger partial charge in [-0.15, -0.1) is 0 Å². The first-order valence-corrected chi connectivity index (χ1v) is 6.62. The van der Waals surface area contributed by atoms with Gasteiger partial charge in [-0.2, -0.15) is 0 Å². The molecule has 3 rings (SSSR count). The van der Waals surface area contributed by atoms with Crippen LogP contribution in [0.1, 0.15) is 18.7 Å². The van der Waals surface area contributed by atoms with Gasteiger partial charge in [-0.05, 0) is 37.9 Å². The average molecular weight is 261 g/mol. The van der Waals surface area contributed by atoms with Crippen LogP contribution >= 0.6 is 0 Å². The number of anilines is 1. The molecule has 3 N–H and O–H groups in total. The lowest BCUT2D eigenvalue weighted by Gasteiger charge is -2.34. The first-order chi connectivity index (χ1) is 9.11. The zero-order valence-electron chi connectivity index (χ0n) is 11.0. The standard InChI is InChI=1S/C14H19N3O2/c1-17(7-9-5-10(18)6-9)8-13-16-14-11(15)3-2-4-12(14)19-13/h2-4,9-10,18H,5-8,15H2,1H3. The van der Waals surface area contributed by atoms with Crippen molar-refractivity contribution in [2.24, 2.45) is 5.92 Å². The number of para-hydroxylation sites is 1. The van der Waals surface area contributed by atoms with Crippen molar-refractivity contribution in [2.75, 3.05) is 19.3 Å². The third-order valence-corrected chi connectivity index (χ3v) is 3.68. The van der Waals surface area contributed by atoms with E-state index in [4.69, 9.17) is 10.2 Å². The molecule has 0 spiro atoms. The van der Waals surface area contributed by atoms with Crippen LogP contribution in [0.25, 0.3) is 11.1 Å². The van der Waals surface area contributed by atoms with Crippen molar-refractivity contribution < 1.29 is 9.52 Å². The van der Waals surface area contributed by atoms with Gasteiger partial charge in [0.2, 0.25) is 5.89 Å². The summed E-state index contributed by atoms with van der Waals surface area (Å²) in [5.41, 5.74) is 7.99. The highest BCUT2D eigenvalue weighted by Gasteiger charge is 2.28. The first-order valence-electron chi connectivity index (χ1n) is 6.62. The summed E-state index contributed by atoms with van der Waals surface area (Å²) in [5.74, 6) is 1.28. The molecule has 1 aromatic heterocycles. The molecule has 0 aliphatic heterocycles. The monoisotopic (exact) mass is 261 g/mol. The van der Waals surface area contributed by atoms with Crippen LogP contribution in [0.4, 0.5) is 5.69 Å². The quantitative estimate of drug-likeness (QED) is 0.818. The molecule has 1 aromatic carbocycles. The minimum absolute atomic E-state index is 0.0949. The Bertz CT molecular complexity index is 575. The van der Waals surface area contributed by atoms with Crippen LogP contribution in [0, 0.1) is 5.92 Å². The van der Waals surface area contributed by atoms with Gasteiger partial charge >= 0.3 is 0 Å². The van der Waals surface area contributed by atoms with Crippen LogP contribution in [-0.2, 0) is 6.54 Å². The fourth-order valence-corrected chi connectivity index (χ4v) is 2.67. The molecule has 5 nitrogen and oxygen atoms in total. The summed E-state index contributed by atoms with van der Waals surface area (Å²) in [6.07, 6.45) is 1.72. The summed E-state index contributed by atoms with van der Waals surface area (Å²) in [6, 6.07) is 5.57. The molecule has 1 fully saturated rings. The second-order valence-corrected chi connectivity index (χ2v) is 5.49. The van der Waals surface area contributed by atoms with Crippen molar-refractivity contribution in [3.8, 4) is 0 Å². The van der Waals surface area contributed by atoms with Gasteiger partial charge in [-0.25, -0.2) is 4.98 Å². The lowest BCUT2D eigenvalue weighted by Crippen LogP contribution is -2.36. The normalized spacial score (nSPS) is 22.9. The molecule has 19 heavy (non-hydrogen) atoms. The maximum atomic E-state index is 9.28. The summed E-state index contributed by atoms with van der Waals surface area (Å²) in [6.45, 7) is 1.63. The van der Waals surface area contributed by atoms with Gasteiger partial charge in [-0.1, -0.05) is 6.07 Å². The van der Waals surface area contributed by atoms with Gasteiger partial charge in [-0.3, -0.25) is 4.90 Å². The van der Waals surface area contributed by atoms with E-state index in [2.05, 4.69) is 9.88 Å². The summed E-state index contributed by atoms with van der Waals surface area (Å²) in [5, 5.41) is 9.28. The van der Waals surface area contributed by atoms with E-state index >= 15 is 0 Å². The van der Waals surface area contributed by atoms with Crippen molar-refractivity contribution in [1.29, 1.82) is 0 Å². The first kappa shape index (κ1) is 12.4. The van der Waals surface area contributed by atoms with E-state index in [0.29, 0.717) is 24.0 Å². The van der Waals surface area contributed by atoms with E-state index in [-0.39, 0.29) is 6.10 Å². The number of fused-ring (bicyclic) bond motifs is 1. The fourth-order valence-electron chi connectivity index (χ4n) is 2.67. The Morgan fingerprint density at radius 2 is 2.26 bits per heavy atom. The average Bonchev–Trinajstić information content (AvgIpc) is 2.71. The molecule has 0 radical (unpaired) electrons. The minimum Gasteiger partial charge on any atom is -0.439 e. The van der Waals surface area contributed by atoms with Crippen LogP contribution in [0.2, 0.25) is 0 Å². The number of hydrogen-bond donors (Lipinski definition) is 2. The van der Waals surface area contributed by atoms with Gasteiger partial charge in [0.1, 0.15) is 5.52 Å². The molecular formula is C14H19N3O2. The number of nitrogen functional groups attached to an aromatic ring is 1. The molecule has 2 aromatic rings. The number of rotatable bonds is 4. The Morgan fingerprint density at radius 3 is 2.95 bits per heavy atom. The second kappa shape index (κ2) is 4.83. The van der Waals surface area contributed by atoms with Crippen molar-refractivity contribution in [3.63, 3.8) is 0 Å². The number of nitrogens with zero attached hydrogens (tertiary/aromatic N) is 2. The Labute approximate surface area is 112 Å². The SMILES string of the molecule is CN(Cc1nc2c(N)cccc2o1)CC1CC(O)C1. The lowest BCUT2D eigenvalue weighted by atomic mass is 9.82. The van der Waals surface area contributed by atoms with Crippen molar-refractivity contribution in [1.82, 2.24) is 9.88 Å². The number of aliphatic hydroxyl groups is 1. The zero-order valence-corrected chi connectivity index (χ0v) is 11.0. The van der Waals surface area contributed by atoms with Gasteiger partial charge in [0.05, 0.1) is 18.3 Å². The van der Waals surface area contributed by atoms with Crippen LogP contribution in [0.5, 0.6) is 0 Å². The summed E-state index contributed by atoms with van der Waals surface area (Å²) < 4.78 is 5.69. The molecular weight excluding hydrogens is 242 g/mol. The summed E-state index contributed by atoms with van der Waals surface area (Å²) in [7, 11) is 2.04. The number of nitrogens with two attached hydrogens (primary N) is 1. The fraction of sp³-hybridized carbons (Fsp3) is 0.500. The Hall–Kier alpha value is -1.59. The maximum Gasteiger partial charge on any atom is 0.209 e. The molecule has 1 heterocycles. The van der Waals surface area contributed by atoms with E-state index in [9.17, 15) is 5.11 Å². The molecule has 1 saturated carbocycles. The highest BCUT2D eigenvalue weighted by Crippen LogP contribution is 2.28. The van der Waals surface area contributed by atoms with Crippen LogP contribution in [0.15, 0.2) is 22.6 Å². The van der Waals surface area contributed by atoms with Crippen LogP contribution in [-0.4, -0.2) is 34.7 Å². The number of hydrogen-bond acceptors (Lipinski definition) is 5. The van der Waals surface area contributed by atoms with Gasteiger partial charge < -0.3 is 15.3 Å². The summed E-state index contributed by atoms with van der Waals surface area (Å²) >= 11 is 0. The topological polar surface area (TPSA) is 75.5 Å². The number of aliphatic hydroxyl groups excluding tert-OH is 1. The molecule has 5 heteroatoms. The number of oxazole rings is 1. The predicted molar refractivity (Wildman–Crippen MR) is 73.5 cm³/mol. The van der Waals surface area contributed by atoms with Crippen molar-refractivity contribution in [3.05, 3.63) is 24.1 Å². The number of aromatic nitrogens is 1. The Balaban J connectivity index is 1.66. The summed E-state index contributed by atoms with van der Waals surface area (Å²) in [4.78, 5) is 6.61. The number of benzene rings is 1. The molecule has 102 valence electrons. The largest absolute Gasteiger partial charge is 0.439 e. The predicted octanol–water partition coefficient (Wildman–Crippen LogP) is 1.61. The molecule has 1 aliphatic rings. The van der Waals surface area contributed by atoms with Gasteiger partial charge in [0, 0.05) is 6.54 Å². The van der Waals surface area contributed by atoms with Crippen molar-refractivity contribution in [2.45, 2.75) is 25.5 Å². The van der Waals surface area contributed by atoms with Crippen molar-refractivity contribution >= 4 is 16.8 Å². The molecule has 0 saturated heterocycles. The van der Waals surface area contributed by atoms with E-state index in [1.807, 2.05) is 25.2 Å². The third kappa shape index (κ3) is 2.57. The molecule has 1 aliphatic carbocycles. The maximum absolute atomic E-state index is 9.28. The smallest absolute Gasteiger partial charge is 0.209 e. The molecule has 0 bridgehead atoms. The Morgan fingerprint density at radius 1 is 1.47 bits per heavy atom. The minimum atomic E-state index is -0.0949. The highest BCUT2D eigenvalue weighted by molar-refractivity contribution is 5.85. The molecule has 0 unspecified atom stereocenters. The third-order valence-electron chi connectivity index (χ3n) is 3.68.